The first-order valence-electron chi connectivity index (χ1n) is 5.23. The normalized spacial score (nSPS) is 12.8. The molecule has 0 fully saturated rings. The van der Waals surface area contributed by atoms with Gasteiger partial charge in [0.05, 0.1) is 0 Å². The Morgan fingerprint density at radius 3 is 2.44 bits per heavy atom. The van der Waals surface area contributed by atoms with Crippen molar-refractivity contribution in [3.8, 4) is 0 Å². The first-order chi connectivity index (χ1) is 8.45. The van der Waals surface area contributed by atoms with E-state index in [1.165, 1.54) is 12.1 Å². The molecular weight excluding hydrogens is 245 g/mol. The third-order valence-corrected chi connectivity index (χ3v) is 2.19. The Bertz CT molecular complexity index is 404. The van der Waals surface area contributed by atoms with Crippen LogP contribution in [0.4, 0.5) is 13.2 Å². The molecule has 1 aromatic carbocycles. The molecule has 0 aromatic heterocycles. The van der Waals surface area contributed by atoms with E-state index in [2.05, 4.69) is 6.58 Å². The monoisotopic (exact) mass is 258 g/mol. The van der Waals surface area contributed by atoms with Gasteiger partial charge >= 0.3 is 6.18 Å². The molecule has 98 valence electrons. The van der Waals surface area contributed by atoms with Crippen LogP contribution in [0.2, 0.25) is 0 Å². The van der Waals surface area contributed by atoms with Crippen LogP contribution >= 0.6 is 0 Å². The van der Waals surface area contributed by atoms with Crippen LogP contribution in [-0.2, 0) is 0 Å². The standard InChI is InChI=1S/C12H13F3N2O/c1-2-6-10(12(13,14)15)16-17-11(18)9-7-4-3-5-8-9/h2-5,7-8,10,16H,1,6H2,(H,17,18). The molecule has 1 aromatic rings. The predicted octanol–water partition coefficient (Wildman–Crippen LogP) is 2.43. The fourth-order valence-corrected chi connectivity index (χ4v) is 1.26. The molecule has 6 heteroatoms. The predicted molar refractivity (Wildman–Crippen MR) is 61.7 cm³/mol. The van der Waals surface area contributed by atoms with Crippen LogP contribution < -0.4 is 10.9 Å². The van der Waals surface area contributed by atoms with Crippen LogP contribution in [0.1, 0.15) is 16.8 Å². The van der Waals surface area contributed by atoms with Gasteiger partial charge in [-0.3, -0.25) is 10.2 Å². The highest BCUT2D eigenvalue weighted by Crippen LogP contribution is 2.22. The minimum absolute atomic E-state index is 0.282. The summed E-state index contributed by atoms with van der Waals surface area (Å²) in [6, 6.07) is 6.13. The van der Waals surface area contributed by atoms with E-state index < -0.39 is 18.1 Å². The third-order valence-electron chi connectivity index (χ3n) is 2.19. The number of halogens is 3. The molecule has 18 heavy (non-hydrogen) atoms. The van der Waals surface area contributed by atoms with E-state index in [1.54, 1.807) is 18.2 Å². The van der Waals surface area contributed by atoms with E-state index in [0.717, 1.165) is 6.08 Å². The van der Waals surface area contributed by atoms with Gasteiger partial charge < -0.3 is 0 Å². The maximum absolute atomic E-state index is 12.5. The van der Waals surface area contributed by atoms with Crippen molar-refractivity contribution in [2.24, 2.45) is 0 Å². The van der Waals surface area contributed by atoms with Crippen molar-refractivity contribution >= 4 is 5.91 Å². The largest absolute Gasteiger partial charge is 0.405 e. The van der Waals surface area contributed by atoms with Crippen molar-refractivity contribution in [3.05, 3.63) is 48.6 Å². The van der Waals surface area contributed by atoms with Crippen LogP contribution in [0.25, 0.3) is 0 Å². The Labute approximate surface area is 103 Å². The second kappa shape index (κ2) is 6.20. The smallest absolute Gasteiger partial charge is 0.287 e. The maximum Gasteiger partial charge on any atom is 0.405 e. The van der Waals surface area contributed by atoms with Gasteiger partial charge in [0, 0.05) is 5.56 Å². The van der Waals surface area contributed by atoms with Gasteiger partial charge in [0.2, 0.25) is 0 Å². The number of hydrogen-bond acceptors (Lipinski definition) is 2. The number of nitrogens with one attached hydrogen (secondary N) is 2. The number of amides is 1. The van der Waals surface area contributed by atoms with Gasteiger partial charge in [0.15, 0.2) is 0 Å². The van der Waals surface area contributed by atoms with E-state index in [-0.39, 0.29) is 12.0 Å². The Balaban J connectivity index is 2.58. The van der Waals surface area contributed by atoms with Gasteiger partial charge in [-0.1, -0.05) is 24.3 Å². The summed E-state index contributed by atoms with van der Waals surface area (Å²) in [6.07, 6.45) is -3.63. The molecule has 1 amide bonds. The third kappa shape index (κ3) is 4.21. The van der Waals surface area contributed by atoms with Crippen molar-refractivity contribution in [2.75, 3.05) is 0 Å². The van der Waals surface area contributed by atoms with E-state index in [1.807, 2.05) is 10.9 Å². The second-order valence-electron chi connectivity index (χ2n) is 3.58. The molecule has 1 unspecified atom stereocenters. The zero-order valence-corrected chi connectivity index (χ0v) is 9.50. The average molecular weight is 258 g/mol. The molecule has 1 rings (SSSR count). The highest BCUT2D eigenvalue weighted by Gasteiger charge is 2.38. The van der Waals surface area contributed by atoms with Crippen molar-refractivity contribution < 1.29 is 18.0 Å². The first kappa shape index (κ1) is 14.2. The highest BCUT2D eigenvalue weighted by atomic mass is 19.4. The first-order valence-corrected chi connectivity index (χ1v) is 5.23. The number of hydrazine groups is 1. The number of alkyl halides is 3. The number of rotatable bonds is 5. The van der Waals surface area contributed by atoms with Crippen molar-refractivity contribution in [1.29, 1.82) is 0 Å². The molecule has 0 aliphatic heterocycles. The van der Waals surface area contributed by atoms with Gasteiger partial charge in [-0.05, 0) is 18.6 Å². The summed E-state index contributed by atoms with van der Waals surface area (Å²) in [7, 11) is 0. The zero-order chi connectivity index (χ0) is 13.6. The van der Waals surface area contributed by atoms with Crippen molar-refractivity contribution in [3.63, 3.8) is 0 Å². The van der Waals surface area contributed by atoms with E-state index in [4.69, 9.17) is 0 Å². The Kier molecular flexibility index (Phi) is 4.91. The second-order valence-corrected chi connectivity index (χ2v) is 3.58. The molecule has 0 spiro atoms. The molecule has 0 saturated heterocycles. The van der Waals surface area contributed by atoms with Gasteiger partial charge in [0.1, 0.15) is 6.04 Å². The molecule has 0 bridgehead atoms. The van der Waals surface area contributed by atoms with Crippen molar-refractivity contribution in [2.45, 2.75) is 18.6 Å². The van der Waals surface area contributed by atoms with Crippen LogP contribution in [0, 0.1) is 0 Å². The lowest BCUT2D eigenvalue weighted by atomic mass is 10.2. The summed E-state index contributed by atoms with van der Waals surface area (Å²) in [6.45, 7) is 3.25. The number of carbonyl (C=O) groups is 1. The summed E-state index contributed by atoms with van der Waals surface area (Å²) >= 11 is 0. The summed E-state index contributed by atoms with van der Waals surface area (Å²) in [5.74, 6) is -0.617. The fraction of sp³-hybridized carbons (Fsp3) is 0.250. The molecule has 0 heterocycles. The van der Waals surface area contributed by atoms with Gasteiger partial charge in [-0.2, -0.15) is 13.2 Å². The lowest BCUT2D eigenvalue weighted by Crippen LogP contribution is -2.51. The number of benzene rings is 1. The van der Waals surface area contributed by atoms with Crippen LogP contribution in [0.15, 0.2) is 43.0 Å². The van der Waals surface area contributed by atoms with Gasteiger partial charge in [-0.25, -0.2) is 5.43 Å². The maximum atomic E-state index is 12.5. The van der Waals surface area contributed by atoms with Gasteiger partial charge in [-0.15, -0.1) is 6.58 Å². The molecule has 1 atom stereocenters. The number of hydrogen-bond donors (Lipinski definition) is 2. The SMILES string of the molecule is C=CCC(NNC(=O)c1ccccc1)C(F)(F)F. The van der Waals surface area contributed by atoms with E-state index >= 15 is 0 Å². The lowest BCUT2D eigenvalue weighted by molar-refractivity contribution is -0.156. The topological polar surface area (TPSA) is 41.1 Å². The quantitative estimate of drug-likeness (QED) is 0.629. The van der Waals surface area contributed by atoms with E-state index in [0.29, 0.717) is 0 Å². The highest BCUT2D eigenvalue weighted by molar-refractivity contribution is 5.93. The molecular formula is C12H13F3N2O. The minimum atomic E-state index is -4.45. The molecule has 3 nitrogen and oxygen atoms in total. The molecule has 0 aliphatic carbocycles. The minimum Gasteiger partial charge on any atom is -0.287 e. The molecule has 0 saturated carbocycles. The Hall–Kier alpha value is -1.82. The lowest BCUT2D eigenvalue weighted by Gasteiger charge is -2.20. The summed E-state index contributed by atoms with van der Waals surface area (Å²) < 4.78 is 37.5. The van der Waals surface area contributed by atoms with Crippen molar-refractivity contribution in [1.82, 2.24) is 10.9 Å². The average Bonchev–Trinajstić information content (AvgIpc) is 2.33. The zero-order valence-electron chi connectivity index (χ0n) is 9.50. The van der Waals surface area contributed by atoms with Crippen LogP contribution in [0.3, 0.4) is 0 Å². The fourth-order valence-electron chi connectivity index (χ4n) is 1.26. The summed E-state index contributed by atoms with van der Waals surface area (Å²) in [4.78, 5) is 11.5. The number of carbonyl (C=O) groups excluding carboxylic acids is 1. The summed E-state index contributed by atoms with van der Waals surface area (Å²) in [5.41, 5.74) is 4.28. The molecule has 0 radical (unpaired) electrons. The summed E-state index contributed by atoms with van der Waals surface area (Å²) in [5, 5.41) is 0. The molecule has 2 N–H and O–H groups in total. The van der Waals surface area contributed by atoms with E-state index in [9.17, 15) is 18.0 Å². The molecule has 0 aliphatic rings. The van der Waals surface area contributed by atoms with Gasteiger partial charge in [0.25, 0.3) is 5.91 Å². The Morgan fingerprint density at radius 2 is 1.94 bits per heavy atom. The Morgan fingerprint density at radius 1 is 1.33 bits per heavy atom. The van der Waals surface area contributed by atoms with Crippen LogP contribution in [0.5, 0.6) is 0 Å². The van der Waals surface area contributed by atoms with Crippen LogP contribution in [-0.4, -0.2) is 18.1 Å².